The minimum Gasteiger partial charge on any atom is -0.323 e. The van der Waals surface area contributed by atoms with E-state index in [0.717, 1.165) is 36.7 Å². The third kappa shape index (κ3) is 2.20. The third-order valence-electron chi connectivity index (χ3n) is 6.19. The Kier molecular flexibility index (Phi) is 3.22. The van der Waals surface area contributed by atoms with E-state index >= 15 is 0 Å². The van der Waals surface area contributed by atoms with Crippen molar-refractivity contribution in [1.29, 1.82) is 0 Å². The highest BCUT2D eigenvalue weighted by Crippen LogP contribution is 2.43. The molecule has 5 rings (SSSR count). The van der Waals surface area contributed by atoms with Gasteiger partial charge in [-0.15, -0.1) is 0 Å². The van der Waals surface area contributed by atoms with E-state index in [9.17, 15) is 4.79 Å². The van der Waals surface area contributed by atoms with E-state index in [4.69, 9.17) is 10.7 Å². The summed E-state index contributed by atoms with van der Waals surface area (Å²) in [7, 11) is 4.03. The summed E-state index contributed by atoms with van der Waals surface area (Å²) >= 11 is 0. The molecule has 0 radical (unpaired) electrons. The predicted molar refractivity (Wildman–Crippen MR) is 101 cm³/mol. The fourth-order valence-electron chi connectivity index (χ4n) is 4.49. The lowest BCUT2D eigenvalue weighted by molar-refractivity contribution is 0.0243. The molecule has 7 nitrogen and oxygen atoms in total. The van der Waals surface area contributed by atoms with Gasteiger partial charge in [-0.05, 0) is 44.4 Å². The second-order valence-electron chi connectivity index (χ2n) is 8.44. The number of amides is 2. The van der Waals surface area contributed by atoms with Crippen molar-refractivity contribution >= 4 is 17.4 Å². The molecule has 0 unspecified atom stereocenters. The first-order valence-electron chi connectivity index (χ1n) is 9.40. The lowest BCUT2D eigenvalue weighted by atomic mass is 9.90. The Morgan fingerprint density at radius 1 is 1.23 bits per heavy atom. The molecule has 0 bridgehead atoms. The number of likely N-dealkylation sites (tertiary alicyclic amines) is 1. The first kappa shape index (κ1) is 16.1. The summed E-state index contributed by atoms with van der Waals surface area (Å²) in [5.41, 5.74) is 9.89. The Morgan fingerprint density at radius 2 is 1.96 bits per heavy atom. The fraction of sp³-hybridized carbons (Fsp3) is 0.579. The van der Waals surface area contributed by atoms with E-state index in [1.807, 2.05) is 30.0 Å². The zero-order valence-electron chi connectivity index (χ0n) is 15.6. The molecule has 1 atom stereocenters. The number of hydrogen-bond donors (Lipinski definition) is 1. The van der Waals surface area contributed by atoms with Gasteiger partial charge in [0.25, 0.3) is 0 Å². The normalized spacial score (nSPS) is 23.9. The van der Waals surface area contributed by atoms with Crippen molar-refractivity contribution in [2.24, 2.45) is 5.73 Å². The number of rotatable bonds is 3. The van der Waals surface area contributed by atoms with Crippen molar-refractivity contribution in [3.63, 3.8) is 0 Å². The van der Waals surface area contributed by atoms with Crippen LogP contribution in [0.3, 0.4) is 0 Å². The Labute approximate surface area is 153 Å². The molecule has 1 saturated carbocycles. The molecule has 4 heterocycles. The van der Waals surface area contributed by atoms with Gasteiger partial charge in [0.05, 0.1) is 23.5 Å². The Balaban J connectivity index is 1.62. The number of urea groups is 1. The van der Waals surface area contributed by atoms with Gasteiger partial charge in [-0.2, -0.15) is 0 Å². The van der Waals surface area contributed by atoms with Crippen molar-refractivity contribution < 1.29 is 4.79 Å². The number of pyridine rings is 1. The molecule has 2 aromatic heterocycles. The van der Waals surface area contributed by atoms with E-state index in [1.165, 1.54) is 18.4 Å². The number of anilines is 1. The highest BCUT2D eigenvalue weighted by Gasteiger charge is 2.54. The smallest absolute Gasteiger partial charge is 0.323 e. The molecule has 7 heteroatoms. The summed E-state index contributed by atoms with van der Waals surface area (Å²) in [6, 6.07) is 2.12. The summed E-state index contributed by atoms with van der Waals surface area (Å²) < 4.78 is 2.06. The number of imidazole rings is 1. The number of carbonyl (C=O) groups excluding carboxylic acids is 1. The maximum absolute atomic E-state index is 13.1. The molecule has 2 aromatic rings. The van der Waals surface area contributed by atoms with Gasteiger partial charge < -0.3 is 19.9 Å². The number of nitrogens with two attached hydrogens (primary N) is 1. The molecule has 0 aromatic carbocycles. The zero-order chi connectivity index (χ0) is 18.2. The van der Waals surface area contributed by atoms with Crippen LogP contribution >= 0.6 is 0 Å². The maximum Gasteiger partial charge on any atom is 0.325 e. The van der Waals surface area contributed by atoms with E-state index in [0.29, 0.717) is 5.92 Å². The summed E-state index contributed by atoms with van der Waals surface area (Å²) in [6.45, 7) is 4.50. The van der Waals surface area contributed by atoms with Gasteiger partial charge in [-0.25, -0.2) is 9.78 Å². The van der Waals surface area contributed by atoms with Gasteiger partial charge >= 0.3 is 6.03 Å². The number of nitrogens with zero attached hydrogens (tertiary/aromatic N) is 5. The largest absolute Gasteiger partial charge is 0.325 e. The van der Waals surface area contributed by atoms with Gasteiger partial charge in [-0.3, -0.25) is 4.90 Å². The highest BCUT2D eigenvalue weighted by molar-refractivity contribution is 5.99. The van der Waals surface area contributed by atoms with E-state index < -0.39 is 0 Å². The van der Waals surface area contributed by atoms with Crippen LogP contribution in [0.2, 0.25) is 0 Å². The average molecular weight is 354 g/mol. The summed E-state index contributed by atoms with van der Waals surface area (Å²) in [5.74, 6) is 0.610. The summed E-state index contributed by atoms with van der Waals surface area (Å²) in [5, 5.41) is 0. The van der Waals surface area contributed by atoms with E-state index in [1.54, 1.807) is 0 Å². The van der Waals surface area contributed by atoms with Crippen LogP contribution in [0.1, 0.15) is 43.0 Å². The lowest BCUT2D eigenvalue weighted by Crippen LogP contribution is -2.67. The summed E-state index contributed by atoms with van der Waals surface area (Å²) in [6.07, 6.45) is 6.61. The molecule has 1 spiro atoms. The van der Waals surface area contributed by atoms with Crippen molar-refractivity contribution in [3.8, 4) is 0 Å². The number of likely N-dealkylation sites (N-methyl/N-ethyl adjacent to an activating group) is 2. The molecule has 1 aliphatic carbocycles. The number of carbonyl (C=O) groups is 1. The molecule has 2 saturated heterocycles. The molecule has 2 amide bonds. The van der Waals surface area contributed by atoms with Gasteiger partial charge in [0.2, 0.25) is 0 Å². The van der Waals surface area contributed by atoms with Gasteiger partial charge in [0.1, 0.15) is 0 Å². The third-order valence-corrected chi connectivity index (χ3v) is 6.19. The van der Waals surface area contributed by atoms with Crippen LogP contribution < -0.4 is 10.6 Å². The molecular weight excluding hydrogens is 328 g/mol. The minimum absolute atomic E-state index is 0.0679. The zero-order valence-corrected chi connectivity index (χ0v) is 15.6. The molecule has 2 aliphatic heterocycles. The topological polar surface area (TPSA) is 70.1 Å². The molecule has 3 aliphatic rings. The molecule has 26 heavy (non-hydrogen) atoms. The fourth-order valence-corrected chi connectivity index (χ4v) is 4.49. The maximum atomic E-state index is 13.1. The standard InChI is InChI=1S/C19H26N6O/c1-12(20)15-8-24-7-14(13-4-5-13)6-16(17(24)21-15)25-11-19(9-22(2)10-19)23(3)18(25)26/h6-8,12-13H,4-5,9-11,20H2,1-3H3/t12-/m0/s1. The number of hydrogen-bond acceptors (Lipinski definition) is 4. The first-order valence-corrected chi connectivity index (χ1v) is 9.40. The molecule has 138 valence electrons. The quantitative estimate of drug-likeness (QED) is 0.912. The monoisotopic (exact) mass is 354 g/mol. The van der Waals surface area contributed by atoms with Gasteiger partial charge in [0, 0.05) is 38.6 Å². The van der Waals surface area contributed by atoms with Crippen LogP contribution in [0.4, 0.5) is 10.5 Å². The number of aromatic nitrogens is 2. The SMILES string of the molecule is C[C@H](N)c1cn2cc(C3CC3)cc(N3CC4(CN(C)C4)N(C)C3=O)c2n1. The van der Waals surface area contributed by atoms with Crippen LogP contribution in [0, 0.1) is 0 Å². The van der Waals surface area contributed by atoms with Crippen molar-refractivity contribution in [2.45, 2.75) is 37.3 Å². The van der Waals surface area contributed by atoms with Crippen molar-refractivity contribution in [3.05, 3.63) is 29.7 Å². The van der Waals surface area contributed by atoms with Crippen LogP contribution in [0.25, 0.3) is 5.65 Å². The molecule has 2 N–H and O–H groups in total. The van der Waals surface area contributed by atoms with Crippen molar-refractivity contribution in [1.82, 2.24) is 19.2 Å². The summed E-state index contributed by atoms with van der Waals surface area (Å²) in [4.78, 5) is 23.9. The van der Waals surface area contributed by atoms with E-state index in [2.05, 4.69) is 28.6 Å². The minimum atomic E-state index is -0.129. The Hall–Kier alpha value is -2.12. The molecule has 3 fully saturated rings. The van der Waals surface area contributed by atoms with Gasteiger partial charge in [-0.1, -0.05) is 0 Å². The average Bonchev–Trinajstić information content (AvgIpc) is 3.28. The lowest BCUT2D eigenvalue weighted by Gasteiger charge is -2.49. The van der Waals surface area contributed by atoms with Crippen LogP contribution in [-0.4, -0.2) is 64.5 Å². The second-order valence-corrected chi connectivity index (χ2v) is 8.44. The number of fused-ring (bicyclic) bond motifs is 1. The van der Waals surface area contributed by atoms with Crippen LogP contribution in [-0.2, 0) is 0 Å². The predicted octanol–water partition coefficient (Wildman–Crippen LogP) is 1.79. The van der Waals surface area contributed by atoms with Crippen LogP contribution in [0.15, 0.2) is 18.5 Å². The van der Waals surface area contributed by atoms with E-state index in [-0.39, 0.29) is 17.6 Å². The van der Waals surface area contributed by atoms with Gasteiger partial charge in [0.15, 0.2) is 5.65 Å². The highest BCUT2D eigenvalue weighted by atomic mass is 16.2. The Morgan fingerprint density at radius 3 is 2.58 bits per heavy atom. The molecular formula is C19H26N6O. The first-order chi connectivity index (χ1) is 12.4. The van der Waals surface area contributed by atoms with Crippen molar-refractivity contribution in [2.75, 3.05) is 38.6 Å². The Bertz CT molecular complexity index is 893. The second kappa shape index (κ2) is 5.20. The van der Waals surface area contributed by atoms with Crippen LogP contribution in [0.5, 0.6) is 0 Å².